The van der Waals surface area contributed by atoms with Crippen LogP contribution < -0.4 is 5.73 Å². The molecule has 13 heavy (non-hydrogen) atoms. The summed E-state index contributed by atoms with van der Waals surface area (Å²) in [5.74, 6) is 0.679. The van der Waals surface area contributed by atoms with E-state index in [4.69, 9.17) is 5.73 Å². The molecule has 0 bridgehead atoms. The quantitative estimate of drug-likeness (QED) is 0.670. The first-order valence-electron chi connectivity index (χ1n) is 4.74. The maximum atomic E-state index is 5.72. The standard InChI is InChI=1S/C9H16N4/c1-6(2)13-4-3-7-8(5-13)11-12-9(7)10/h6H,3-5H2,1-2H3,(H3,10,11,12). The molecule has 2 heterocycles. The van der Waals surface area contributed by atoms with E-state index >= 15 is 0 Å². The number of aromatic nitrogens is 2. The zero-order valence-corrected chi connectivity index (χ0v) is 8.17. The summed E-state index contributed by atoms with van der Waals surface area (Å²) >= 11 is 0. The van der Waals surface area contributed by atoms with Crippen molar-refractivity contribution in [2.45, 2.75) is 32.9 Å². The van der Waals surface area contributed by atoms with E-state index < -0.39 is 0 Å². The predicted octanol–water partition coefficient (Wildman–Crippen LogP) is 0.758. The van der Waals surface area contributed by atoms with Crippen molar-refractivity contribution in [2.75, 3.05) is 12.3 Å². The number of fused-ring (bicyclic) bond motifs is 1. The van der Waals surface area contributed by atoms with E-state index in [0.29, 0.717) is 11.9 Å². The van der Waals surface area contributed by atoms with Crippen LogP contribution in [0.2, 0.25) is 0 Å². The number of aromatic amines is 1. The average molecular weight is 180 g/mol. The molecule has 1 aromatic rings. The van der Waals surface area contributed by atoms with Gasteiger partial charge < -0.3 is 5.73 Å². The van der Waals surface area contributed by atoms with Crippen LogP contribution in [0.3, 0.4) is 0 Å². The molecule has 1 aromatic heterocycles. The van der Waals surface area contributed by atoms with Gasteiger partial charge in [0.05, 0.1) is 5.69 Å². The molecular weight excluding hydrogens is 164 g/mol. The van der Waals surface area contributed by atoms with Crippen molar-refractivity contribution >= 4 is 5.82 Å². The van der Waals surface area contributed by atoms with Crippen molar-refractivity contribution < 1.29 is 0 Å². The molecule has 4 nitrogen and oxygen atoms in total. The third-order valence-corrected chi connectivity index (χ3v) is 2.73. The second-order valence-electron chi connectivity index (χ2n) is 3.88. The van der Waals surface area contributed by atoms with Crippen molar-refractivity contribution in [1.82, 2.24) is 15.1 Å². The lowest BCUT2D eigenvalue weighted by atomic mass is 10.1. The molecule has 0 aliphatic carbocycles. The highest BCUT2D eigenvalue weighted by atomic mass is 15.2. The highest BCUT2D eigenvalue weighted by Crippen LogP contribution is 2.22. The molecule has 0 aromatic carbocycles. The largest absolute Gasteiger partial charge is 0.382 e. The summed E-state index contributed by atoms with van der Waals surface area (Å²) in [5, 5.41) is 7.01. The second kappa shape index (κ2) is 3.03. The van der Waals surface area contributed by atoms with Crippen LogP contribution in [-0.2, 0) is 13.0 Å². The maximum absolute atomic E-state index is 5.72. The Hall–Kier alpha value is -1.03. The SMILES string of the molecule is CC(C)N1CCc2c(N)n[nH]c2C1. The van der Waals surface area contributed by atoms with E-state index in [1.54, 1.807) is 0 Å². The minimum absolute atomic E-state index is 0.595. The monoisotopic (exact) mass is 180 g/mol. The number of nitrogen functional groups attached to an aromatic ring is 1. The molecule has 3 N–H and O–H groups in total. The Morgan fingerprint density at radius 3 is 3.00 bits per heavy atom. The van der Waals surface area contributed by atoms with Crippen LogP contribution in [0.4, 0.5) is 5.82 Å². The van der Waals surface area contributed by atoms with Crippen LogP contribution in [0, 0.1) is 0 Å². The van der Waals surface area contributed by atoms with Crippen molar-refractivity contribution in [2.24, 2.45) is 0 Å². The Kier molecular flexibility index (Phi) is 2.00. The van der Waals surface area contributed by atoms with Gasteiger partial charge in [-0.25, -0.2) is 0 Å². The molecule has 1 aliphatic heterocycles. The number of rotatable bonds is 1. The van der Waals surface area contributed by atoms with E-state index in [0.717, 1.165) is 19.5 Å². The van der Waals surface area contributed by atoms with E-state index in [2.05, 4.69) is 28.9 Å². The molecule has 0 radical (unpaired) electrons. The van der Waals surface area contributed by atoms with Crippen molar-refractivity contribution in [3.63, 3.8) is 0 Å². The summed E-state index contributed by atoms with van der Waals surface area (Å²) in [7, 11) is 0. The van der Waals surface area contributed by atoms with E-state index in [1.165, 1.54) is 11.3 Å². The first-order valence-corrected chi connectivity index (χ1v) is 4.74. The van der Waals surface area contributed by atoms with Crippen molar-refractivity contribution in [3.05, 3.63) is 11.3 Å². The van der Waals surface area contributed by atoms with E-state index in [-0.39, 0.29) is 0 Å². The maximum Gasteiger partial charge on any atom is 0.148 e. The number of hydrogen-bond donors (Lipinski definition) is 2. The average Bonchev–Trinajstić information content (AvgIpc) is 2.47. The van der Waals surface area contributed by atoms with Crippen LogP contribution >= 0.6 is 0 Å². The van der Waals surface area contributed by atoms with Gasteiger partial charge in [-0.1, -0.05) is 0 Å². The molecule has 0 saturated heterocycles. The van der Waals surface area contributed by atoms with E-state index in [1.807, 2.05) is 0 Å². The summed E-state index contributed by atoms with van der Waals surface area (Å²) in [6.45, 7) is 6.47. The Morgan fingerprint density at radius 2 is 2.31 bits per heavy atom. The first-order chi connectivity index (χ1) is 6.18. The van der Waals surface area contributed by atoms with Gasteiger partial charge in [-0.15, -0.1) is 0 Å². The summed E-state index contributed by atoms with van der Waals surface area (Å²) in [6.07, 6.45) is 1.02. The number of H-pyrrole nitrogens is 1. The molecule has 2 rings (SSSR count). The third-order valence-electron chi connectivity index (χ3n) is 2.73. The molecular formula is C9H16N4. The minimum Gasteiger partial charge on any atom is -0.382 e. The van der Waals surface area contributed by atoms with Crippen LogP contribution in [0.5, 0.6) is 0 Å². The van der Waals surface area contributed by atoms with Gasteiger partial charge in [0.2, 0.25) is 0 Å². The number of anilines is 1. The number of hydrogen-bond acceptors (Lipinski definition) is 3. The molecule has 0 saturated carbocycles. The Bertz CT molecular complexity index is 303. The fraction of sp³-hybridized carbons (Fsp3) is 0.667. The van der Waals surface area contributed by atoms with Crippen molar-refractivity contribution in [3.8, 4) is 0 Å². The second-order valence-corrected chi connectivity index (χ2v) is 3.88. The molecule has 0 spiro atoms. The van der Waals surface area contributed by atoms with Gasteiger partial charge in [0.25, 0.3) is 0 Å². The summed E-state index contributed by atoms with van der Waals surface area (Å²) in [4.78, 5) is 2.42. The summed E-state index contributed by atoms with van der Waals surface area (Å²) < 4.78 is 0. The van der Waals surface area contributed by atoms with Gasteiger partial charge in [0.15, 0.2) is 0 Å². The lowest BCUT2D eigenvalue weighted by molar-refractivity contribution is 0.201. The van der Waals surface area contributed by atoms with Gasteiger partial charge in [-0.2, -0.15) is 5.10 Å². The van der Waals surface area contributed by atoms with Crippen LogP contribution in [0.25, 0.3) is 0 Å². The highest BCUT2D eigenvalue weighted by Gasteiger charge is 2.21. The predicted molar refractivity (Wildman–Crippen MR) is 52.3 cm³/mol. The smallest absolute Gasteiger partial charge is 0.148 e. The van der Waals surface area contributed by atoms with Gasteiger partial charge in [-0.05, 0) is 20.3 Å². The molecule has 72 valence electrons. The number of nitrogens with one attached hydrogen (secondary N) is 1. The molecule has 0 atom stereocenters. The molecule has 1 aliphatic rings. The van der Waals surface area contributed by atoms with Crippen LogP contribution in [0.1, 0.15) is 25.1 Å². The highest BCUT2D eigenvalue weighted by molar-refractivity contribution is 5.43. The first kappa shape index (κ1) is 8.56. The third kappa shape index (κ3) is 1.42. The molecule has 0 unspecified atom stereocenters. The fourth-order valence-corrected chi connectivity index (χ4v) is 1.81. The Morgan fingerprint density at radius 1 is 1.54 bits per heavy atom. The van der Waals surface area contributed by atoms with Gasteiger partial charge >= 0.3 is 0 Å². The number of nitrogens with zero attached hydrogens (tertiary/aromatic N) is 2. The van der Waals surface area contributed by atoms with Crippen molar-refractivity contribution in [1.29, 1.82) is 0 Å². The van der Waals surface area contributed by atoms with Gasteiger partial charge in [-0.3, -0.25) is 10.00 Å². The number of nitrogens with two attached hydrogens (primary N) is 1. The van der Waals surface area contributed by atoms with Gasteiger partial charge in [0.1, 0.15) is 5.82 Å². The summed E-state index contributed by atoms with van der Waals surface area (Å²) in [5.41, 5.74) is 8.13. The topological polar surface area (TPSA) is 57.9 Å². The zero-order valence-electron chi connectivity index (χ0n) is 8.17. The fourth-order valence-electron chi connectivity index (χ4n) is 1.81. The Balaban J connectivity index is 2.21. The normalized spacial score (nSPS) is 17.8. The zero-order chi connectivity index (χ0) is 9.42. The molecule has 0 fully saturated rings. The minimum atomic E-state index is 0.595. The van der Waals surface area contributed by atoms with Gasteiger partial charge in [0, 0.05) is 24.7 Å². The van der Waals surface area contributed by atoms with E-state index in [9.17, 15) is 0 Å². The van der Waals surface area contributed by atoms with Crippen LogP contribution in [0.15, 0.2) is 0 Å². The molecule has 4 heteroatoms. The Labute approximate surface area is 78.1 Å². The lowest BCUT2D eigenvalue weighted by Gasteiger charge is -2.29. The van der Waals surface area contributed by atoms with Crippen LogP contribution in [-0.4, -0.2) is 27.7 Å². The summed E-state index contributed by atoms with van der Waals surface area (Å²) in [6, 6.07) is 0.595. The molecule has 0 amide bonds. The lowest BCUT2D eigenvalue weighted by Crippen LogP contribution is -2.35.